The number of rotatable bonds is 1. The quantitative estimate of drug-likeness (QED) is 0.150. The van der Waals surface area contributed by atoms with Crippen LogP contribution in [-0.4, -0.2) is 5.43 Å². The van der Waals surface area contributed by atoms with Gasteiger partial charge < -0.3 is 0 Å². The van der Waals surface area contributed by atoms with Gasteiger partial charge >= 0.3 is 65.5 Å². The van der Waals surface area contributed by atoms with Crippen LogP contribution in [0.1, 0.15) is 47.1 Å². The van der Waals surface area contributed by atoms with Crippen LogP contribution in [0.2, 0.25) is 0 Å². The smallest absolute Gasteiger partial charge is 0.0279 e. The molecule has 0 nitrogen and oxygen atoms in total. The summed E-state index contributed by atoms with van der Waals surface area (Å²) >= 11 is 1.49. The summed E-state index contributed by atoms with van der Waals surface area (Å²) in [6.07, 6.45) is 3.36. The zero-order valence-corrected chi connectivity index (χ0v) is 26.8. The molecule has 1 aliphatic carbocycles. The summed E-state index contributed by atoms with van der Waals surface area (Å²) in [6, 6.07) is 21.6. The Morgan fingerprint density at radius 2 is 1.49 bits per heavy atom. The van der Waals surface area contributed by atoms with Gasteiger partial charge in [0.05, 0.1) is 0 Å². The molecule has 1 unspecified atom stereocenters. The fourth-order valence-electron chi connectivity index (χ4n) is 3.70. The van der Waals surface area contributed by atoms with Gasteiger partial charge in [0.15, 0.2) is 0 Å². The van der Waals surface area contributed by atoms with Crippen LogP contribution in [0, 0.1) is 41.8 Å². The second-order valence-electron chi connectivity index (χ2n) is 8.13. The van der Waals surface area contributed by atoms with Crippen molar-refractivity contribution in [2.75, 3.05) is 0 Å². The number of benzene rings is 2. The van der Waals surface area contributed by atoms with Crippen molar-refractivity contribution < 1.29 is 23.3 Å². The molecule has 0 radical (unpaired) electrons. The van der Waals surface area contributed by atoms with Crippen molar-refractivity contribution in [3.8, 4) is 34.1 Å². The van der Waals surface area contributed by atoms with Crippen LogP contribution in [-0.2, 0) is 23.3 Å². The van der Waals surface area contributed by atoms with Crippen molar-refractivity contribution >= 4 is 41.0 Å². The van der Waals surface area contributed by atoms with E-state index in [9.17, 15) is 0 Å². The van der Waals surface area contributed by atoms with E-state index in [0.717, 1.165) is 0 Å². The summed E-state index contributed by atoms with van der Waals surface area (Å²) in [4.78, 5) is 0. The Morgan fingerprint density at radius 3 is 1.94 bits per heavy atom. The van der Waals surface area contributed by atoms with Crippen LogP contribution in [0.25, 0.3) is 21.9 Å². The Bertz CT molecular complexity index is 1280. The van der Waals surface area contributed by atoms with E-state index in [2.05, 4.69) is 124 Å². The first-order chi connectivity index (χ1) is 15.8. The minimum Gasteiger partial charge on any atom is -0.266 e. The van der Waals surface area contributed by atoms with Crippen molar-refractivity contribution in [1.29, 1.82) is 0 Å². The zero-order chi connectivity index (χ0) is 24.4. The van der Waals surface area contributed by atoms with E-state index >= 15 is 0 Å². The van der Waals surface area contributed by atoms with Gasteiger partial charge in [-0.1, -0.05) is 75.6 Å². The fourth-order valence-corrected chi connectivity index (χ4v) is 6.10. The Labute approximate surface area is 240 Å². The Balaban J connectivity index is 0.000000528. The fraction of sp³-hybridized carbons (Fsp3) is 0.258. The van der Waals surface area contributed by atoms with E-state index < -0.39 is 5.43 Å². The number of hydrogen-bond acceptors (Lipinski definition) is 0. The van der Waals surface area contributed by atoms with Gasteiger partial charge in [-0.05, 0) is 5.56 Å². The second kappa shape index (κ2) is 16.9. The van der Waals surface area contributed by atoms with Gasteiger partial charge in [-0.25, -0.2) is 5.57 Å². The Kier molecular flexibility index (Phi) is 16.1. The van der Waals surface area contributed by atoms with Crippen molar-refractivity contribution in [2.45, 2.75) is 48.5 Å². The number of hydrogen-bond donors (Lipinski definition) is 0. The van der Waals surface area contributed by atoms with Gasteiger partial charge in [0.2, 0.25) is 0 Å². The van der Waals surface area contributed by atoms with Gasteiger partial charge in [-0.15, -0.1) is 66.3 Å². The van der Waals surface area contributed by atoms with Crippen LogP contribution < -0.4 is 0 Å². The first-order valence-electron chi connectivity index (χ1n) is 11.2. The standard InChI is InChI=1S/C16H13.C9H13.C6H6Si.2ClH.Zr/c1-12-10-14-8-5-9-15(16(14)11-12)13-6-3-2-4-7-13;1-6-5-7(2)9(4)8(6)3;1-3-5-7-6-4-2;;;/h2-11H,1H3;6H,1-4H3;1-2H3;2*1H;/q2*-1;;;;+2. The van der Waals surface area contributed by atoms with E-state index in [1.54, 1.807) is 0 Å². The molecular formula is C31H34Cl2SiZr. The first-order valence-corrected chi connectivity index (χ1v) is 16.4. The molecule has 3 aromatic rings. The summed E-state index contributed by atoms with van der Waals surface area (Å²) in [6.45, 7) is 14.6. The third-order valence-electron chi connectivity index (χ3n) is 5.72. The van der Waals surface area contributed by atoms with E-state index in [1.807, 2.05) is 13.8 Å². The van der Waals surface area contributed by atoms with E-state index in [0.29, 0.717) is 5.92 Å². The topological polar surface area (TPSA) is 0 Å². The number of halogens is 2. The average Bonchev–Trinajstić information content (AvgIpc) is 3.29. The minimum absolute atomic E-state index is 0. The molecule has 0 amide bonds. The van der Waals surface area contributed by atoms with Gasteiger partial charge in [-0.3, -0.25) is 6.08 Å². The predicted molar refractivity (Wildman–Crippen MR) is 157 cm³/mol. The van der Waals surface area contributed by atoms with E-state index in [-0.39, 0.29) is 24.8 Å². The van der Waals surface area contributed by atoms with Crippen molar-refractivity contribution in [3.05, 3.63) is 89.0 Å². The molecule has 3 aromatic carbocycles. The van der Waals surface area contributed by atoms with Crippen LogP contribution in [0.4, 0.5) is 0 Å². The SMILES string of the molecule is CC#C[Si](=[Zr+2])C#CC.CC1=[C-]C(C)C(C)=C1C.Cc1cc2c(-c3ccccc3)cccc2[cH-]1.Cl.Cl. The number of fused-ring (bicyclic) bond motifs is 1. The molecule has 1 aliphatic rings. The van der Waals surface area contributed by atoms with Crippen molar-refractivity contribution in [2.24, 2.45) is 5.92 Å². The molecule has 0 saturated heterocycles. The van der Waals surface area contributed by atoms with Crippen LogP contribution in [0.15, 0.2) is 77.4 Å². The summed E-state index contributed by atoms with van der Waals surface area (Å²) in [7, 11) is 0. The molecule has 35 heavy (non-hydrogen) atoms. The van der Waals surface area contributed by atoms with Crippen molar-refractivity contribution in [3.63, 3.8) is 0 Å². The molecule has 4 heteroatoms. The van der Waals surface area contributed by atoms with Crippen molar-refractivity contribution in [1.82, 2.24) is 0 Å². The van der Waals surface area contributed by atoms with Gasteiger partial charge in [-0.2, -0.15) is 17.2 Å². The summed E-state index contributed by atoms with van der Waals surface area (Å²) in [5, 5.41) is 2.69. The molecule has 0 N–H and O–H groups in total. The Hall–Kier alpha value is -1.67. The Morgan fingerprint density at radius 1 is 0.886 bits per heavy atom. The predicted octanol–water partition coefficient (Wildman–Crippen LogP) is 8.75. The molecule has 180 valence electrons. The largest absolute Gasteiger partial charge is 0.266 e. The normalized spacial score (nSPS) is 13.2. The van der Waals surface area contributed by atoms with Gasteiger partial charge in [0.25, 0.3) is 0 Å². The third kappa shape index (κ3) is 10.1. The maximum atomic E-state index is 3.36. The van der Waals surface area contributed by atoms with Crippen LogP contribution >= 0.6 is 24.8 Å². The van der Waals surface area contributed by atoms with E-state index in [4.69, 9.17) is 0 Å². The molecule has 0 saturated carbocycles. The maximum absolute atomic E-state index is 3.36. The summed E-state index contributed by atoms with van der Waals surface area (Å²) in [5.41, 5.74) is 13.8. The third-order valence-corrected chi connectivity index (χ3v) is 8.56. The monoisotopic (exact) mass is 594 g/mol. The summed E-state index contributed by atoms with van der Waals surface area (Å²) in [5.74, 6) is 6.30. The minimum atomic E-state index is -0.524. The molecule has 0 aliphatic heterocycles. The molecule has 0 spiro atoms. The number of allylic oxidation sites excluding steroid dienone is 4. The molecule has 4 rings (SSSR count). The molecule has 0 heterocycles. The molecule has 1 atom stereocenters. The first kappa shape index (κ1) is 33.3. The molecule has 0 bridgehead atoms. The van der Waals surface area contributed by atoms with Gasteiger partial charge in [0.1, 0.15) is 0 Å². The van der Waals surface area contributed by atoms with Crippen LogP contribution in [0.3, 0.4) is 0 Å². The molecule has 0 aromatic heterocycles. The maximum Gasteiger partial charge on any atom is -0.0279 e. The molecular weight excluding hydrogens is 563 g/mol. The summed E-state index contributed by atoms with van der Waals surface area (Å²) < 4.78 is 0. The zero-order valence-electron chi connectivity index (χ0n) is 21.7. The molecule has 0 fully saturated rings. The number of aryl methyl sites for hydroxylation is 1. The van der Waals surface area contributed by atoms with Crippen LogP contribution in [0.5, 0.6) is 0 Å². The second-order valence-corrected chi connectivity index (χ2v) is 13.1. The average molecular weight is 597 g/mol. The van der Waals surface area contributed by atoms with Gasteiger partial charge in [0, 0.05) is 0 Å². The van der Waals surface area contributed by atoms with E-state index in [1.165, 1.54) is 67.5 Å².